The summed E-state index contributed by atoms with van der Waals surface area (Å²) in [5.41, 5.74) is 6.38. The molecule has 1 fully saturated rings. The second kappa shape index (κ2) is 5.61. The van der Waals surface area contributed by atoms with Gasteiger partial charge in [0.25, 0.3) is 0 Å². The normalized spacial score (nSPS) is 26.9. The van der Waals surface area contributed by atoms with Gasteiger partial charge >= 0.3 is 5.97 Å². The molecule has 0 saturated heterocycles. The Bertz CT molecular complexity index is 433. The average Bonchev–Trinajstić information content (AvgIpc) is 2.40. The molecular weight excluding hydrogens is 242 g/mol. The van der Waals surface area contributed by atoms with Crippen molar-refractivity contribution in [2.45, 2.75) is 38.2 Å². The SMILES string of the molecule is CCOC(=O)C1CCC(O)(c2ccc(N)cc2)CC1. The lowest BCUT2D eigenvalue weighted by Gasteiger charge is -2.35. The summed E-state index contributed by atoms with van der Waals surface area (Å²) >= 11 is 0. The van der Waals surface area contributed by atoms with Crippen LogP contribution in [-0.2, 0) is 15.1 Å². The molecule has 0 aromatic heterocycles. The molecular formula is C15H21NO3. The Balaban J connectivity index is 2.01. The van der Waals surface area contributed by atoms with Crippen molar-refractivity contribution in [3.63, 3.8) is 0 Å². The first kappa shape index (κ1) is 13.9. The van der Waals surface area contributed by atoms with Gasteiger partial charge in [0, 0.05) is 5.69 Å². The summed E-state index contributed by atoms with van der Waals surface area (Å²) in [6.07, 6.45) is 2.50. The number of hydrogen-bond acceptors (Lipinski definition) is 4. The third-order valence-corrected chi connectivity index (χ3v) is 3.88. The van der Waals surface area contributed by atoms with Crippen molar-refractivity contribution < 1.29 is 14.6 Å². The van der Waals surface area contributed by atoms with Gasteiger partial charge in [-0.3, -0.25) is 4.79 Å². The number of aliphatic hydroxyl groups is 1. The number of anilines is 1. The summed E-state index contributed by atoms with van der Waals surface area (Å²) in [6.45, 7) is 2.23. The van der Waals surface area contributed by atoms with E-state index in [0.29, 0.717) is 38.0 Å². The number of ether oxygens (including phenoxy) is 1. The van der Waals surface area contributed by atoms with Gasteiger partial charge in [0.05, 0.1) is 18.1 Å². The van der Waals surface area contributed by atoms with E-state index >= 15 is 0 Å². The topological polar surface area (TPSA) is 72.5 Å². The number of benzene rings is 1. The van der Waals surface area contributed by atoms with Gasteiger partial charge in [0.2, 0.25) is 0 Å². The maximum atomic E-state index is 11.7. The zero-order valence-corrected chi connectivity index (χ0v) is 11.3. The van der Waals surface area contributed by atoms with Crippen molar-refractivity contribution in [2.75, 3.05) is 12.3 Å². The number of carbonyl (C=O) groups is 1. The Kier molecular flexibility index (Phi) is 4.10. The fraction of sp³-hybridized carbons (Fsp3) is 0.533. The quantitative estimate of drug-likeness (QED) is 0.648. The van der Waals surface area contributed by atoms with Crippen LogP contribution in [0.3, 0.4) is 0 Å². The molecule has 0 amide bonds. The largest absolute Gasteiger partial charge is 0.466 e. The smallest absolute Gasteiger partial charge is 0.308 e. The van der Waals surface area contributed by atoms with E-state index in [9.17, 15) is 9.90 Å². The standard InChI is InChI=1S/C15H21NO3/c1-2-19-14(17)11-7-9-15(18,10-8-11)12-3-5-13(16)6-4-12/h3-6,11,18H,2,7-10,16H2,1H3. The molecule has 0 spiro atoms. The van der Waals surface area contributed by atoms with E-state index in [1.165, 1.54) is 0 Å². The van der Waals surface area contributed by atoms with E-state index in [2.05, 4.69) is 0 Å². The summed E-state index contributed by atoms with van der Waals surface area (Å²) in [5, 5.41) is 10.7. The Morgan fingerprint density at radius 2 is 1.95 bits per heavy atom. The lowest BCUT2D eigenvalue weighted by molar-refractivity contribution is -0.151. The summed E-state index contributed by atoms with van der Waals surface area (Å²) in [6, 6.07) is 7.32. The molecule has 1 aromatic carbocycles. The molecule has 4 nitrogen and oxygen atoms in total. The molecule has 1 saturated carbocycles. The number of carbonyl (C=O) groups excluding carboxylic acids is 1. The van der Waals surface area contributed by atoms with Gasteiger partial charge in [-0.1, -0.05) is 12.1 Å². The molecule has 0 unspecified atom stereocenters. The van der Waals surface area contributed by atoms with E-state index in [-0.39, 0.29) is 11.9 Å². The zero-order valence-electron chi connectivity index (χ0n) is 11.3. The maximum absolute atomic E-state index is 11.7. The fourth-order valence-electron chi connectivity index (χ4n) is 2.67. The van der Waals surface area contributed by atoms with Crippen LogP contribution in [0.5, 0.6) is 0 Å². The third kappa shape index (κ3) is 3.07. The maximum Gasteiger partial charge on any atom is 0.308 e. The highest BCUT2D eigenvalue weighted by molar-refractivity contribution is 5.72. The predicted molar refractivity (Wildman–Crippen MR) is 73.3 cm³/mol. The van der Waals surface area contributed by atoms with Crippen LogP contribution in [0.1, 0.15) is 38.2 Å². The Morgan fingerprint density at radius 3 is 2.47 bits per heavy atom. The van der Waals surface area contributed by atoms with E-state index in [0.717, 1.165) is 5.56 Å². The Morgan fingerprint density at radius 1 is 1.37 bits per heavy atom. The van der Waals surface area contributed by atoms with Crippen molar-refractivity contribution >= 4 is 11.7 Å². The van der Waals surface area contributed by atoms with Crippen molar-refractivity contribution in [1.82, 2.24) is 0 Å². The van der Waals surface area contributed by atoms with E-state index < -0.39 is 5.60 Å². The van der Waals surface area contributed by atoms with Gasteiger partial charge in [0.15, 0.2) is 0 Å². The molecule has 19 heavy (non-hydrogen) atoms. The fourth-order valence-corrected chi connectivity index (χ4v) is 2.67. The van der Waals surface area contributed by atoms with Crippen LogP contribution in [0.4, 0.5) is 5.69 Å². The number of nitrogens with two attached hydrogens (primary N) is 1. The molecule has 0 atom stereocenters. The van der Waals surface area contributed by atoms with Gasteiger partial charge < -0.3 is 15.6 Å². The molecule has 2 rings (SSSR count). The zero-order chi connectivity index (χ0) is 13.9. The van der Waals surface area contributed by atoms with Gasteiger partial charge in [-0.25, -0.2) is 0 Å². The van der Waals surface area contributed by atoms with Crippen LogP contribution < -0.4 is 5.73 Å². The Hall–Kier alpha value is -1.55. The summed E-state index contributed by atoms with van der Waals surface area (Å²) < 4.78 is 5.03. The lowest BCUT2D eigenvalue weighted by atomic mass is 9.75. The second-order valence-corrected chi connectivity index (χ2v) is 5.18. The van der Waals surface area contributed by atoms with Crippen LogP contribution in [0.15, 0.2) is 24.3 Å². The molecule has 0 bridgehead atoms. The monoisotopic (exact) mass is 263 g/mol. The first-order chi connectivity index (χ1) is 9.05. The van der Waals surface area contributed by atoms with E-state index in [4.69, 9.17) is 10.5 Å². The molecule has 0 heterocycles. The molecule has 1 aliphatic carbocycles. The highest BCUT2D eigenvalue weighted by Crippen LogP contribution is 2.39. The summed E-state index contributed by atoms with van der Waals surface area (Å²) in [5.74, 6) is -0.212. The summed E-state index contributed by atoms with van der Waals surface area (Å²) in [4.78, 5) is 11.7. The Labute approximate surface area is 113 Å². The highest BCUT2D eigenvalue weighted by Gasteiger charge is 2.37. The summed E-state index contributed by atoms with van der Waals surface area (Å²) in [7, 11) is 0. The van der Waals surface area contributed by atoms with E-state index in [1.807, 2.05) is 19.1 Å². The van der Waals surface area contributed by atoms with Crippen LogP contribution in [0.2, 0.25) is 0 Å². The minimum absolute atomic E-state index is 0.0750. The third-order valence-electron chi connectivity index (χ3n) is 3.88. The van der Waals surface area contributed by atoms with Crippen LogP contribution in [0.25, 0.3) is 0 Å². The van der Waals surface area contributed by atoms with Gasteiger partial charge in [-0.15, -0.1) is 0 Å². The van der Waals surface area contributed by atoms with Gasteiger partial charge in [-0.05, 0) is 50.3 Å². The number of rotatable bonds is 3. The molecule has 104 valence electrons. The van der Waals surface area contributed by atoms with E-state index in [1.54, 1.807) is 12.1 Å². The number of nitrogen functional groups attached to an aromatic ring is 1. The molecule has 1 aliphatic rings. The van der Waals surface area contributed by atoms with Crippen LogP contribution in [-0.4, -0.2) is 17.7 Å². The molecule has 0 radical (unpaired) electrons. The van der Waals surface area contributed by atoms with Crippen molar-refractivity contribution in [2.24, 2.45) is 5.92 Å². The minimum Gasteiger partial charge on any atom is -0.466 e. The predicted octanol–water partition coefficient (Wildman–Crippen LogP) is 2.21. The van der Waals surface area contributed by atoms with Crippen molar-refractivity contribution in [3.05, 3.63) is 29.8 Å². The first-order valence-electron chi connectivity index (χ1n) is 6.80. The van der Waals surface area contributed by atoms with Gasteiger partial charge in [0.1, 0.15) is 0 Å². The molecule has 0 aliphatic heterocycles. The van der Waals surface area contributed by atoms with Crippen molar-refractivity contribution in [3.8, 4) is 0 Å². The van der Waals surface area contributed by atoms with Crippen LogP contribution >= 0.6 is 0 Å². The van der Waals surface area contributed by atoms with Crippen LogP contribution in [0, 0.1) is 5.92 Å². The number of hydrogen-bond donors (Lipinski definition) is 2. The minimum atomic E-state index is -0.837. The highest BCUT2D eigenvalue weighted by atomic mass is 16.5. The van der Waals surface area contributed by atoms with Gasteiger partial charge in [-0.2, -0.15) is 0 Å². The average molecular weight is 263 g/mol. The number of esters is 1. The first-order valence-corrected chi connectivity index (χ1v) is 6.80. The lowest BCUT2D eigenvalue weighted by Crippen LogP contribution is -2.34. The molecule has 3 N–H and O–H groups in total. The second-order valence-electron chi connectivity index (χ2n) is 5.18. The van der Waals surface area contributed by atoms with Crippen molar-refractivity contribution in [1.29, 1.82) is 0 Å². The molecule has 4 heteroatoms. The molecule has 1 aromatic rings.